The Morgan fingerprint density at radius 1 is 0.862 bits per heavy atom. The molecule has 0 spiro atoms. The summed E-state index contributed by atoms with van der Waals surface area (Å²) >= 11 is 0. The second kappa shape index (κ2) is 11.3. The van der Waals surface area contributed by atoms with E-state index in [2.05, 4.69) is 0 Å². The van der Waals surface area contributed by atoms with Crippen LogP contribution in [0, 0.1) is 0 Å². The van der Waals surface area contributed by atoms with Crippen molar-refractivity contribution in [3.8, 4) is 0 Å². The van der Waals surface area contributed by atoms with Crippen molar-refractivity contribution in [2.75, 3.05) is 18.5 Å². The van der Waals surface area contributed by atoms with Crippen molar-refractivity contribution in [3.05, 3.63) is 0 Å². The molecule has 0 aliphatic rings. The van der Waals surface area contributed by atoms with Crippen molar-refractivity contribution >= 4 is 25.3 Å². The molecule has 178 valence electrons. The molecule has 0 rings (SSSR count). The molecular weight excluding hydrogens is 440 g/mol. The molecule has 0 aromatic carbocycles. The summed E-state index contributed by atoms with van der Waals surface area (Å²) in [6, 6.07) is 0. The van der Waals surface area contributed by atoms with Crippen LogP contribution < -0.4 is 0 Å². The third-order valence-electron chi connectivity index (χ3n) is 5.29. The van der Waals surface area contributed by atoms with Crippen molar-refractivity contribution in [2.24, 2.45) is 0 Å². The van der Waals surface area contributed by atoms with Crippen molar-refractivity contribution < 1.29 is 30.0 Å². The quantitative estimate of drug-likeness (QED) is 0.139. The average molecular weight is 483 g/mol. The molecule has 0 saturated heterocycles. The normalized spacial score (nSPS) is 16.4. The number of rotatable bonds is 15. The Balaban J connectivity index is 6.87. The molecule has 0 radical (unpaired) electrons. The third kappa shape index (κ3) is 8.06. The minimum atomic E-state index is -5.72. The van der Waals surface area contributed by atoms with E-state index in [0.717, 1.165) is 19.3 Å². The van der Waals surface area contributed by atoms with Gasteiger partial charge in [0.2, 0.25) is 0 Å². The molecule has 0 bridgehead atoms. The maximum absolute atomic E-state index is 13.5. The molecule has 1 atom stereocenters. The first-order valence-electron chi connectivity index (χ1n) is 10.8. The van der Waals surface area contributed by atoms with Gasteiger partial charge >= 0.3 is 177 Å². The molecule has 0 amide bonds. The standard InChI is InChI=1S/C19H42F3O4PSSi/c1-8-12-15-27(16-13-9-2,17-14-10-3,18(11-4)25-29(5,6)7)26-28(23,24)19(20,21)22/h18H,8-17H2,1-7H3. The summed E-state index contributed by atoms with van der Waals surface area (Å²) in [5.41, 5.74) is -5.43. The summed E-state index contributed by atoms with van der Waals surface area (Å²) in [7, 11) is -7.88. The fraction of sp³-hybridized carbons (Fsp3) is 1.00. The van der Waals surface area contributed by atoms with Crippen LogP contribution in [0.3, 0.4) is 0 Å². The van der Waals surface area contributed by atoms with Crippen LogP contribution in [0.1, 0.15) is 72.6 Å². The van der Waals surface area contributed by atoms with Gasteiger partial charge in [0.25, 0.3) is 0 Å². The average Bonchev–Trinajstić information content (AvgIpc) is 2.59. The first-order valence-corrected chi connectivity index (χ1v) is 18.4. The van der Waals surface area contributed by atoms with Crippen LogP contribution in [-0.2, 0) is 18.5 Å². The Hall–Kier alpha value is 0.307. The molecule has 0 aromatic rings. The minimum absolute atomic E-state index is 0.362. The van der Waals surface area contributed by atoms with E-state index in [4.69, 9.17) is 8.40 Å². The molecular formula is C19H42F3O4PSSi. The van der Waals surface area contributed by atoms with Gasteiger partial charge in [0.05, 0.1) is 0 Å². The van der Waals surface area contributed by atoms with Crippen LogP contribution in [-0.4, -0.2) is 46.6 Å². The van der Waals surface area contributed by atoms with E-state index in [0.29, 0.717) is 44.2 Å². The summed E-state index contributed by atoms with van der Waals surface area (Å²) in [4.78, 5) is 0. The first kappa shape index (κ1) is 29.3. The van der Waals surface area contributed by atoms with Gasteiger partial charge in [0, 0.05) is 0 Å². The fourth-order valence-corrected chi connectivity index (χ4v) is 16.4. The zero-order valence-corrected chi connectivity index (χ0v) is 22.0. The zero-order valence-electron chi connectivity index (χ0n) is 19.3. The van der Waals surface area contributed by atoms with E-state index in [-0.39, 0.29) is 0 Å². The first-order chi connectivity index (χ1) is 13.1. The van der Waals surface area contributed by atoms with Gasteiger partial charge in [-0.3, -0.25) is 0 Å². The predicted octanol–water partition coefficient (Wildman–Crippen LogP) is 7.31. The van der Waals surface area contributed by atoms with Gasteiger partial charge < -0.3 is 0 Å². The summed E-state index contributed by atoms with van der Waals surface area (Å²) < 4.78 is 77.2. The molecule has 29 heavy (non-hydrogen) atoms. The molecule has 1 unspecified atom stereocenters. The van der Waals surface area contributed by atoms with Gasteiger partial charge in [-0.1, -0.05) is 0 Å². The SMILES string of the molecule is CCCCP(CCCC)(CCCC)(OS(=O)(=O)C(F)(F)F)C(CC)O[Si](C)(C)C. The molecule has 0 N–H and O–H groups in total. The molecule has 0 heterocycles. The van der Waals surface area contributed by atoms with Gasteiger partial charge in [-0.05, 0) is 0 Å². The van der Waals surface area contributed by atoms with Crippen LogP contribution in [0.15, 0.2) is 0 Å². The van der Waals surface area contributed by atoms with E-state index in [1.165, 1.54) is 0 Å². The Kier molecular flexibility index (Phi) is 11.4. The van der Waals surface area contributed by atoms with Crippen molar-refractivity contribution in [3.63, 3.8) is 0 Å². The van der Waals surface area contributed by atoms with Gasteiger partial charge in [-0.15, -0.1) is 0 Å². The molecule has 10 heteroatoms. The van der Waals surface area contributed by atoms with Gasteiger partial charge in [-0.2, -0.15) is 0 Å². The van der Waals surface area contributed by atoms with E-state index in [1.54, 1.807) is 0 Å². The van der Waals surface area contributed by atoms with Gasteiger partial charge in [0.1, 0.15) is 0 Å². The number of hydrogen-bond donors (Lipinski definition) is 0. The van der Waals surface area contributed by atoms with Crippen LogP contribution in [0.2, 0.25) is 19.6 Å². The number of halogens is 3. The Morgan fingerprint density at radius 2 is 1.24 bits per heavy atom. The summed E-state index contributed by atoms with van der Waals surface area (Å²) in [6.07, 6.45) is 5.70. The summed E-state index contributed by atoms with van der Waals surface area (Å²) in [5, 5.41) is 0. The molecule has 0 aliphatic carbocycles. The van der Waals surface area contributed by atoms with Crippen molar-refractivity contribution in [2.45, 2.75) is 104 Å². The topological polar surface area (TPSA) is 52.6 Å². The van der Waals surface area contributed by atoms with E-state index < -0.39 is 36.6 Å². The van der Waals surface area contributed by atoms with Crippen molar-refractivity contribution in [1.82, 2.24) is 0 Å². The maximum atomic E-state index is 13.5. The van der Waals surface area contributed by atoms with Gasteiger partial charge in [0.15, 0.2) is 0 Å². The van der Waals surface area contributed by atoms with Crippen LogP contribution in [0.4, 0.5) is 13.2 Å². The van der Waals surface area contributed by atoms with Crippen LogP contribution >= 0.6 is 6.83 Å². The number of unbranched alkanes of at least 4 members (excludes halogenated alkanes) is 3. The Bertz CT molecular complexity index is 567. The molecule has 0 aliphatic heterocycles. The van der Waals surface area contributed by atoms with Crippen LogP contribution in [0.5, 0.6) is 0 Å². The van der Waals surface area contributed by atoms with Crippen molar-refractivity contribution in [1.29, 1.82) is 0 Å². The molecule has 0 saturated carbocycles. The summed E-state index contributed by atoms with van der Waals surface area (Å²) in [5.74, 6) is -0.588. The van der Waals surface area contributed by atoms with Crippen LogP contribution in [0.25, 0.3) is 0 Å². The molecule has 0 aromatic heterocycles. The number of hydrogen-bond acceptors (Lipinski definition) is 4. The van der Waals surface area contributed by atoms with Gasteiger partial charge in [-0.25, -0.2) is 0 Å². The Morgan fingerprint density at radius 3 is 1.48 bits per heavy atom. The van der Waals surface area contributed by atoms with E-state index in [1.807, 2.05) is 47.3 Å². The zero-order chi connectivity index (χ0) is 23.0. The molecule has 0 fully saturated rings. The van der Waals surface area contributed by atoms with E-state index in [9.17, 15) is 21.6 Å². The Labute approximate surface area is 177 Å². The third-order valence-corrected chi connectivity index (χ3v) is 15.5. The fourth-order valence-electron chi connectivity index (χ4n) is 3.93. The second-order valence-electron chi connectivity index (χ2n) is 9.01. The monoisotopic (exact) mass is 482 g/mol. The summed E-state index contributed by atoms with van der Waals surface area (Å²) in [6.45, 7) is 9.82. The van der Waals surface area contributed by atoms with E-state index >= 15 is 0 Å². The second-order valence-corrected chi connectivity index (χ2v) is 20.8. The predicted molar refractivity (Wildman–Crippen MR) is 121 cm³/mol. The number of alkyl halides is 3. The molecule has 4 nitrogen and oxygen atoms in total.